The Labute approximate surface area is 76.6 Å². The Morgan fingerprint density at radius 2 is 1.33 bits per heavy atom. The Hall–Kier alpha value is -0.0800. The Balaban J connectivity index is 1.79. The van der Waals surface area contributed by atoms with Gasteiger partial charge in [-0.3, -0.25) is 0 Å². The summed E-state index contributed by atoms with van der Waals surface area (Å²) in [5.74, 6) is 1.87. The second-order valence-electron chi connectivity index (χ2n) is 4.10. The van der Waals surface area contributed by atoms with Crippen molar-refractivity contribution in [3.8, 4) is 0 Å². The van der Waals surface area contributed by atoms with Gasteiger partial charge in [0, 0.05) is 0 Å². The van der Waals surface area contributed by atoms with Crippen LogP contribution in [-0.2, 0) is 0 Å². The van der Waals surface area contributed by atoms with E-state index in [1.54, 1.807) is 5.31 Å². The molecule has 0 radical (unpaired) electrons. The molecular formula is C10H20N2. The van der Waals surface area contributed by atoms with Crippen molar-refractivity contribution in [3.63, 3.8) is 0 Å². The first-order chi connectivity index (χ1) is 6.36. The molecule has 2 fully saturated rings. The lowest BCUT2D eigenvalue weighted by Gasteiger charge is -2.33. The van der Waals surface area contributed by atoms with Crippen LogP contribution in [0.3, 0.4) is 0 Å². The third kappa shape index (κ3) is 1.99. The van der Waals surface area contributed by atoms with E-state index in [-0.39, 0.29) is 0 Å². The molecule has 2 heterocycles. The Kier molecular flexibility index (Phi) is 2.59. The van der Waals surface area contributed by atoms with Crippen LogP contribution < -0.4 is 10.6 Å². The largest absolute Gasteiger partial charge is 0.317 e. The maximum absolute atomic E-state index is 7.50. The standard InChI is InChI=1S/C10H20N2/c1-5-11-6-2-9(1)10-3-7-12-8-4-10/h9-12H,1-8H2/i/hD. The van der Waals surface area contributed by atoms with Gasteiger partial charge in [-0.1, -0.05) is 0 Å². The average Bonchev–Trinajstić information content (AvgIpc) is 2.20. The zero-order valence-corrected chi connectivity index (χ0v) is 7.76. The molecule has 0 spiro atoms. The van der Waals surface area contributed by atoms with Crippen molar-refractivity contribution < 1.29 is 1.41 Å². The highest BCUT2D eigenvalue weighted by molar-refractivity contribution is 4.79. The normalized spacial score (nSPS) is 31.8. The van der Waals surface area contributed by atoms with Gasteiger partial charge in [0.15, 0.2) is 0 Å². The van der Waals surface area contributed by atoms with Crippen molar-refractivity contribution in [2.45, 2.75) is 25.7 Å². The highest BCUT2D eigenvalue weighted by Gasteiger charge is 2.24. The van der Waals surface area contributed by atoms with Crippen molar-refractivity contribution in [2.24, 2.45) is 11.8 Å². The fourth-order valence-corrected chi connectivity index (χ4v) is 2.56. The molecule has 0 aromatic heterocycles. The molecule has 0 aliphatic carbocycles. The van der Waals surface area contributed by atoms with Gasteiger partial charge in [-0.2, -0.15) is 0 Å². The molecular weight excluding hydrogens is 148 g/mol. The third-order valence-electron chi connectivity index (χ3n) is 3.37. The average molecular weight is 169 g/mol. The quantitative estimate of drug-likeness (QED) is 0.611. The predicted molar refractivity (Wildman–Crippen MR) is 51.2 cm³/mol. The fourth-order valence-electron chi connectivity index (χ4n) is 2.56. The molecule has 0 aromatic carbocycles. The van der Waals surface area contributed by atoms with Gasteiger partial charge in [0.05, 0.1) is 0 Å². The van der Waals surface area contributed by atoms with E-state index < -0.39 is 0 Å². The lowest BCUT2D eigenvalue weighted by molar-refractivity contribution is 0.212. The SMILES string of the molecule is [2H]N1CCC(C2CCNCC2)CC1. The summed E-state index contributed by atoms with van der Waals surface area (Å²) in [5, 5.41) is 5.13. The number of hydrogen-bond donors (Lipinski definition) is 2. The van der Waals surface area contributed by atoms with Gasteiger partial charge in [-0.05, 0) is 63.7 Å². The van der Waals surface area contributed by atoms with E-state index >= 15 is 0 Å². The van der Waals surface area contributed by atoms with Crippen LogP contribution in [0, 0.1) is 11.8 Å². The topological polar surface area (TPSA) is 24.1 Å². The molecule has 2 rings (SSSR count). The van der Waals surface area contributed by atoms with Crippen molar-refractivity contribution in [3.05, 3.63) is 0 Å². The number of hydrogen-bond acceptors (Lipinski definition) is 2. The Bertz CT molecular complexity index is 149. The van der Waals surface area contributed by atoms with E-state index in [2.05, 4.69) is 5.32 Å². The summed E-state index contributed by atoms with van der Waals surface area (Å²) in [6, 6.07) is 0. The van der Waals surface area contributed by atoms with Gasteiger partial charge in [0.1, 0.15) is 1.41 Å². The van der Waals surface area contributed by atoms with Gasteiger partial charge in [-0.15, -0.1) is 0 Å². The molecule has 0 aromatic rings. The van der Waals surface area contributed by atoms with Crippen LogP contribution in [0.15, 0.2) is 0 Å². The van der Waals surface area contributed by atoms with Crippen LogP contribution in [0.4, 0.5) is 0 Å². The summed E-state index contributed by atoms with van der Waals surface area (Å²) in [7, 11) is 0. The molecule has 2 N–H and O–H groups in total. The number of nitrogens with one attached hydrogen (secondary N) is 2. The molecule has 0 amide bonds. The summed E-state index contributed by atoms with van der Waals surface area (Å²) in [6.45, 7) is 4.42. The molecule has 2 saturated heterocycles. The molecule has 2 nitrogen and oxygen atoms in total. The van der Waals surface area contributed by atoms with Crippen LogP contribution >= 0.6 is 0 Å². The zero-order chi connectivity index (χ0) is 9.10. The molecule has 0 unspecified atom stereocenters. The van der Waals surface area contributed by atoms with Gasteiger partial charge in [0.2, 0.25) is 0 Å². The summed E-state index contributed by atoms with van der Waals surface area (Å²) < 4.78 is 7.50. The Morgan fingerprint density at radius 1 is 0.833 bits per heavy atom. The van der Waals surface area contributed by atoms with Gasteiger partial charge in [-0.25, -0.2) is 0 Å². The lowest BCUT2D eigenvalue weighted by atomic mass is 9.80. The van der Waals surface area contributed by atoms with Crippen LogP contribution in [0.5, 0.6) is 0 Å². The van der Waals surface area contributed by atoms with E-state index in [1.807, 2.05) is 0 Å². The monoisotopic (exact) mass is 169 g/mol. The lowest BCUT2D eigenvalue weighted by Crippen LogP contribution is -2.37. The fraction of sp³-hybridized carbons (Fsp3) is 1.00. The van der Waals surface area contributed by atoms with Gasteiger partial charge >= 0.3 is 0 Å². The highest BCUT2D eigenvalue weighted by Crippen LogP contribution is 2.28. The highest BCUT2D eigenvalue weighted by atomic mass is 14.9. The van der Waals surface area contributed by atoms with Crippen molar-refractivity contribution >= 4 is 0 Å². The zero-order valence-electron chi connectivity index (χ0n) is 8.76. The van der Waals surface area contributed by atoms with E-state index in [0.717, 1.165) is 24.9 Å². The summed E-state index contributed by atoms with van der Waals surface area (Å²) in [6.07, 6.45) is 5.24. The summed E-state index contributed by atoms with van der Waals surface area (Å²) in [4.78, 5) is 0. The third-order valence-corrected chi connectivity index (χ3v) is 3.37. The minimum absolute atomic E-state index is 0.920. The Morgan fingerprint density at radius 3 is 1.92 bits per heavy atom. The maximum atomic E-state index is 7.50. The molecule has 0 saturated carbocycles. The second kappa shape index (κ2) is 4.24. The first-order valence-corrected chi connectivity index (χ1v) is 5.31. The molecule has 70 valence electrons. The minimum Gasteiger partial charge on any atom is -0.317 e. The summed E-state index contributed by atoms with van der Waals surface area (Å²) >= 11 is 0. The minimum atomic E-state index is 0.920. The molecule has 12 heavy (non-hydrogen) atoms. The molecule has 2 aliphatic heterocycles. The maximum Gasteiger partial charge on any atom is 0.122 e. The first-order valence-electron chi connectivity index (χ1n) is 5.75. The summed E-state index contributed by atoms with van der Waals surface area (Å²) in [5.41, 5.74) is 0. The van der Waals surface area contributed by atoms with Crippen LogP contribution in [-0.4, -0.2) is 26.2 Å². The van der Waals surface area contributed by atoms with E-state index in [4.69, 9.17) is 1.41 Å². The molecule has 2 heteroatoms. The number of piperidine rings is 2. The van der Waals surface area contributed by atoms with Gasteiger partial charge in [0.25, 0.3) is 0 Å². The van der Waals surface area contributed by atoms with Crippen LogP contribution in [0.2, 0.25) is 1.41 Å². The second-order valence-corrected chi connectivity index (χ2v) is 4.10. The van der Waals surface area contributed by atoms with Crippen molar-refractivity contribution in [2.75, 3.05) is 26.2 Å². The first kappa shape index (κ1) is 7.34. The van der Waals surface area contributed by atoms with Crippen LogP contribution in [0.1, 0.15) is 25.7 Å². The molecule has 0 bridgehead atoms. The van der Waals surface area contributed by atoms with E-state index in [1.165, 1.54) is 38.8 Å². The van der Waals surface area contributed by atoms with E-state index in [0.29, 0.717) is 0 Å². The van der Waals surface area contributed by atoms with Crippen molar-refractivity contribution in [1.82, 2.24) is 10.6 Å². The molecule has 0 atom stereocenters. The molecule has 2 aliphatic rings. The van der Waals surface area contributed by atoms with Gasteiger partial charge < -0.3 is 10.6 Å². The predicted octanol–water partition coefficient (Wildman–Crippen LogP) is 0.986. The smallest absolute Gasteiger partial charge is 0.122 e. The van der Waals surface area contributed by atoms with Crippen molar-refractivity contribution in [1.29, 1.82) is 0 Å². The number of rotatable bonds is 1. The van der Waals surface area contributed by atoms with E-state index in [9.17, 15) is 0 Å². The van der Waals surface area contributed by atoms with Crippen LogP contribution in [0.25, 0.3) is 0 Å².